The summed E-state index contributed by atoms with van der Waals surface area (Å²) < 4.78 is 5.43. The second-order valence-electron chi connectivity index (χ2n) is 5.64. The van der Waals surface area contributed by atoms with Crippen LogP contribution in [0.1, 0.15) is 39.5 Å². The molecular formula is C14H26N2O4. The summed E-state index contributed by atoms with van der Waals surface area (Å²) in [6, 6.07) is -0.317. The Morgan fingerprint density at radius 1 is 1.45 bits per heavy atom. The highest BCUT2D eigenvalue weighted by Crippen LogP contribution is 2.19. The van der Waals surface area contributed by atoms with Gasteiger partial charge in [-0.25, -0.2) is 4.79 Å². The summed E-state index contributed by atoms with van der Waals surface area (Å²) in [5.41, 5.74) is 0. The molecule has 0 aromatic rings. The maximum atomic E-state index is 12.0. The van der Waals surface area contributed by atoms with Gasteiger partial charge in [0.2, 0.25) is 0 Å². The molecule has 2 N–H and O–H groups in total. The molecule has 0 aromatic carbocycles. The maximum absolute atomic E-state index is 12.0. The van der Waals surface area contributed by atoms with Crippen molar-refractivity contribution in [3.8, 4) is 0 Å². The third-order valence-electron chi connectivity index (χ3n) is 3.24. The van der Waals surface area contributed by atoms with Gasteiger partial charge < -0.3 is 20.1 Å². The number of ether oxygens (including phenoxy) is 1. The van der Waals surface area contributed by atoms with E-state index in [1.54, 1.807) is 4.90 Å². The monoisotopic (exact) mass is 286 g/mol. The molecule has 20 heavy (non-hydrogen) atoms. The van der Waals surface area contributed by atoms with E-state index in [2.05, 4.69) is 19.2 Å². The molecule has 116 valence electrons. The number of carbonyl (C=O) groups is 2. The topological polar surface area (TPSA) is 78.9 Å². The molecule has 0 spiro atoms. The normalized spacial score (nSPS) is 18.6. The fourth-order valence-electron chi connectivity index (χ4n) is 2.31. The van der Waals surface area contributed by atoms with E-state index in [4.69, 9.17) is 9.84 Å². The average molecular weight is 286 g/mol. The summed E-state index contributed by atoms with van der Waals surface area (Å²) in [4.78, 5) is 24.3. The number of hydrogen-bond donors (Lipinski definition) is 2. The molecule has 2 amide bonds. The summed E-state index contributed by atoms with van der Waals surface area (Å²) in [7, 11) is 0. The zero-order valence-electron chi connectivity index (χ0n) is 12.4. The second-order valence-corrected chi connectivity index (χ2v) is 5.64. The molecule has 1 saturated heterocycles. The molecule has 1 atom stereocenters. The van der Waals surface area contributed by atoms with Crippen LogP contribution in [0.5, 0.6) is 0 Å². The highest BCUT2D eigenvalue weighted by Gasteiger charge is 2.29. The fourth-order valence-corrected chi connectivity index (χ4v) is 2.31. The first-order valence-electron chi connectivity index (χ1n) is 7.34. The van der Waals surface area contributed by atoms with Gasteiger partial charge in [0.25, 0.3) is 0 Å². The van der Waals surface area contributed by atoms with Crippen molar-refractivity contribution in [2.75, 3.05) is 26.3 Å². The van der Waals surface area contributed by atoms with E-state index in [0.29, 0.717) is 25.6 Å². The Morgan fingerprint density at radius 2 is 2.20 bits per heavy atom. The van der Waals surface area contributed by atoms with E-state index in [1.165, 1.54) is 0 Å². The van der Waals surface area contributed by atoms with Crippen molar-refractivity contribution in [1.29, 1.82) is 0 Å². The highest BCUT2D eigenvalue weighted by atomic mass is 16.5. The van der Waals surface area contributed by atoms with Gasteiger partial charge in [0.05, 0.1) is 6.42 Å². The molecule has 1 aliphatic rings. The minimum Gasteiger partial charge on any atom is -0.481 e. The SMILES string of the molecule is CC(C)COCCCNC(=O)N1CCCC1CC(=O)O. The van der Waals surface area contributed by atoms with Crippen molar-refractivity contribution in [1.82, 2.24) is 10.2 Å². The predicted octanol–water partition coefficient (Wildman–Crippen LogP) is 1.70. The number of carbonyl (C=O) groups excluding carboxylic acids is 1. The molecule has 1 fully saturated rings. The zero-order chi connectivity index (χ0) is 15.0. The molecular weight excluding hydrogens is 260 g/mol. The second kappa shape index (κ2) is 8.79. The van der Waals surface area contributed by atoms with E-state index in [0.717, 1.165) is 25.9 Å². The largest absolute Gasteiger partial charge is 0.481 e. The van der Waals surface area contributed by atoms with Gasteiger partial charge >= 0.3 is 12.0 Å². The van der Waals surface area contributed by atoms with Crippen molar-refractivity contribution in [3.05, 3.63) is 0 Å². The number of likely N-dealkylation sites (tertiary alicyclic amines) is 1. The van der Waals surface area contributed by atoms with Crippen molar-refractivity contribution in [2.45, 2.75) is 45.6 Å². The lowest BCUT2D eigenvalue weighted by atomic mass is 10.1. The molecule has 0 saturated carbocycles. The first-order chi connectivity index (χ1) is 9.50. The van der Waals surface area contributed by atoms with E-state index in [-0.39, 0.29) is 18.5 Å². The Morgan fingerprint density at radius 3 is 2.85 bits per heavy atom. The van der Waals surface area contributed by atoms with Crippen LogP contribution in [0.4, 0.5) is 4.79 Å². The Balaban J connectivity index is 2.16. The van der Waals surface area contributed by atoms with E-state index < -0.39 is 5.97 Å². The summed E-state index contributed by atoms with van der Waals surface area (Å²) in [6.45, 7) is 6.77. The standard InChI is InChI=1S/C14H26N2O4/c1-11(2)10-20-8-4-6-15-14(19)16-7-3-5-12(16)9-13(17)18/h11-12H,3-10H2,1-2H3,(H,15,19)(H,17,18). The Bertz CT molecular complexity index is 320. The number of nitrogens with zero attached hydrogens (tertiary/aromatic N) is 1. The number of nitrogens with one attached hydrogen (secondary N) is 1. The predicted molar refractivity (Wildman–Crippen MR) is 75.7 cm³/mol. The van der Waals surface area contributed by atoms with E-state index in [9.17, 15) is 9.59 Å². The lowest BCUT2D eigenvalue weighted by Gasteiger charge is -2.23. The smallest absolute Gasteiger partial charge is 0.317 e. The van der Waals surface area contributed by atoms with Crippen LogP contribution in [-0.2, 0) is 9.53 Å². The van der Waals surface area contributed by atoms with Crippen molar-refractivity contribution >= 4 is 12.0 Å². The third kappa shape index (κ3) is 6.23. The molecule has 6 heteroatoms. The number of carboxylic acid groups (broad SMARTS) is 1. The van der Waals surface area contributed by atoms with Gasteiger partial charge in [0.15, 0.2) is 0 Å². The molecule has 0 radical (unpaired) electrons. The van der Waals surface area contributed by atoms with Crippen LogP contribution in [0.25, 0.3) is 0 Å². The number of urea groups is 1. The molecule has 0 aromatic heterocycles. The van der Waals surface area contributed by atoms with Crippen LogP contribution in [-0.4, -0.2) is 54.4 Å². The average Bonchev–Trinajstić information content (AvgIpc) is 2.80. The number of carboxylic acids is 1. The van der Waals surface area contributed by atoms with Crippen LogP contribution in [0, 0.1) is 5.92 Å². The maximum Gasteiger partial charge on any atom is 0.317 e. The van der Waals surface area contributed by atoms with Gasteiger partial charge in [-0.3, -0.25) is 4.79 Å². The fraction of sp³-hybridized carbons (Fsp3) is 0.857. The highest BCUT2D eigenvalue weighted by molar-refractivity contribution is 5.76. The minimum absolute atomic E-state index is 0.0327. The quantitative estimate of drug-likeness (QED) is 0.666. The third-order valence-corrected chi connectivity index (χ3v) is 3.24. The molecule has 0 bridgehead atoms. The molecule has 1 aliphatic heterocycles. The van der Waals surface area contributed by atoms with Crippen LogP contribution in [0.2, 0.25) is 0 Å². The van der Waals surface area contributed by atoms with E-state index >= 15 is 0 Å². The Kier molecular flexibility index (Phi) is 7.36. The number of aliphatic carboxylic acids is 1. The molecule has 6 nitrogen and oxygen atoms in total. The molecule has 0 aliphatic carbocycles. The Hall–Kier alpha value is -1.30. The van der Waals surface area contributed by atoms with Crippen molar-refractivity contribution in [3.63, 3.8) is 0 Å². The zero-order valence-corrected chi connectivity index (χ0v) is 12.4. The van der Waals surface area contributed by atoms with Crippen LogP contribution < -0.4 is 5.32 Å². The summed E-state index contributed by atoms with van der Waals surface area (Å²) >= 11 is 0. The van der Waals surface area contributed by atoms with Crippen LogP contribution >= 0.6 is 0 Å². The lowest BCUT2D eigenvalue weighted by molar-refractivity contribution is -0.137. The Labute approximate surface area is 120 Å². The van der Waals surface area contributed by atoms with Crippen LogP contribution in [0.3, 0.4) is 0 Å². The van der Waals surface area contributed by atoms with E-state index in [1.807, 2.05) is 0 Å². The van der Waals surface area contributed by atoms with Crippen molar-refractivity contribution < 1.29 is 19.4 Å². The van der Waals surface area contributed by atoms with Crippen LogP contribution in [0.15, 0.2) is 0 Å². The lowest BCUT2D eigenvalue weighted by Crippen LogP contribution is -2.44. The molecule has 1 heterocycles. The first-order valence-corrected chi connectivity index (χ1v) is 7.34. The summed E-state index contributed by atoms with van der Waals surface area (Å²) in [5, 5.41) is 11.6. The molecule has 1 rings (SSSR count). The first kappa shape index (κ1) is 16.8. The summed E-state index contributed by atoms with van der Waals surface area (Å²) in [6.07, 6.45) is 2.46. The van der Waals surface area contributed by atoms with Gasteiger partial charge in [-0.2, -0.15) is 0 Å². The number of amides is 2. The molecule has 1 unspecified atom stereocenters. The number of rotatable bonds is 8. The van der Waals surface area contributed by atoms with Gasteiger partial charge in [-0.1, -0.05) is 13.8 Å². The summed E-state index contributed by atoms with van der Waals surface area (Å²) in [5.74, 6) is -0.331. The van der Waals surface area contributed by atoms with Gasteiger partial charge in [0.1, 0.15) is 0 Å². The van der Waals surface area contributed by atoms with Gasteiger partial charge in [-0.05, 0) is 25.2 Å². The number of hydrogen-bond acceptors (Lipinski definition) is 3. The minimum atomic E-state index is -0.850. The van der Waals surface area contributed by atoms with Gasteiger partial charge in [0, 0.05) is 32.3 Å². The van der Waals surface area contributed by atoms with Gasteiger partial charge in [-0.15, -0.1) is 0 Å². The van der Waals surface area contributed by atoms with Crippen molar-refractivity contribution in [2.24, 2.45) is 5.92 Å².